The fraction of sp³-hybridized carbons (Fsp3) is 0.375. The molecule has 1 N–H and O–H groups in total. The molecular formula is C24H29N5O. The van der Waals surface area contributed by atoms with Crippen molar-refractivity contribution < 1.29 is 4.79 Å². The molecule has 0 radical (unpaired) electrons. The van der Waals surface area contributed by atoms with Crippen molar-refractivity contribution in [2.75, 3.05) is 13.1 Å². The van der Waals surface area contributed by atoms with E-state index in [1.807, 2.05) is 38.1 Å². The van der Waals surface area contributed by atoms with Crippen LogP contribution in [0.5, 0.6) is 0 Å². The third-order valence-electron chi connectivity index (χ3n) is 5.71. The number of nitrogens with zero attached hydrogens (tertiary/aromatic N) is 4. The molecule has 0 spiro atoms. The zero-order valence-corrected chi connectivity index (χ0v) is 17.7. The van der Waals surface area contributed by atoms with Crippen LogP contribution in [0.25, 0.3) is 5.82 Å². The Morgan fingerprint density at radius 3 is 2.67 bits per heavy atom. The van der Waals surface area contributed by atoms with Crippen molar-refractivity contribution in [3.05, 3.63) is 77.2 Å². The molecule has 1 saturated heterocycles. The van der Waals surface area contributed by atoms with Crippen LogP contribution in [0.15, 0.2) is 54.7 Å². The van der Waals surface area contributed by atoms with Crippen LogP contribution in [0.4, 0.5) is 0 Å². The van der Waals surface area contributed by atoms with E-state index in [0.29, 0.717) is 18.2 Å². The van der Waals surface area contributed by atoms with Crippen LogP contribution in [0.1, 0.15) is 46.6 Å². The molecule has 0 saturated carbocycles. The van der Waals surface area contributed by atoms with E-state index >= 15 is 0 Å². The number of benzene rings is 1. The summed E-state index contributed by atoms with van der Waals surface area (Å²) in [5.41, 5.74) is 3.86. The number of amides is 1. The van der Waals surface area contributed by atoms with Crippen molar-refractivity contribution in [1.82, 2.24) is 25.0 Å². The first kappa shape index (κ1) is 20.3. The standard InChI is InChI=1S/C24H29N5O/c1-18-14-19(2)29(27-18)23-12-11-21(15-25-23)24(30)26-16-22-10-6-7-13-28(22)17-20-8-4-3-5-9-20/h3-5,8-9,11-12,14-15,22H,6-7,10,13,16-17H2,1-2H3,(H,26,30). The molecular weight excluding hydrogens is 374 g/mol. The Bertz CT molecular complexity index is 981. The monoisotopic (exact) mass is 403 g/mol. The second-order valence-electron chi connectivity index (χ2n) is 8.06. The Morgan fingerprint density at radius 1 is 1.13 bits per heavy atom. The van der Waals surface area contributed by atoms with Crippen LogP contribution in [0.2, 0.25) is 0 Å². The summed E-state index contributed by atoms with van der Waals surface area (Å²) in [6.07, 6.45) is 5.17. The van der Waals surface area contributed by atoms with Gasteiger partial charge in [0.25, 0.3) is 5.91 Å². The number of pyridine rings is 1. The molecule has 3 aromatic rings. The van der Waals surface area contributed by atoms with Crippen molar-refractivity contribution in [2.24, 2.45) is 0 Å². The minimum absolute atomic E-state index is 0.0762. The smallest absolute Gasteiger partial charge is 0.252 e. The summed E-state index contributed by atoms with van der Waals surface area (Å²) in [7, 11) is 0. The molecule has 1 aliphatic rings. The van der Waals surface area contributed by atoms with E-state index in [1.165, 1.54) is 18.4 Å². The summed E-state index contributed by atoms with van der Waals surface area (Å²) in [5, 5.41) is 7.56. The zero-order chi connectivity index (χ0) is 20.9. The molecule has 2 aromatic heterocycles. The third kappa shape index (κ3) is 4.76. The lowest BCUT2D eigenvalue weighted by Gasteiger charge is -2.35. The molecule has 0 bridgehead atoms. The van der Waals surface area contributed by atoms with Crippen LogP contribution in [0.3, 0.4) is 0 Å². The van der Waals surface area contributed by atoms with Gasteiger partial charge in [0.1, 0.15) is 0 Å². The molecule has 156 valence electrons. The Balaban J connectivity index is 1.36. The zero-order valence-electron chi connectivity index (χ0n) is 17.7. The molecule has 1 aliphatic heterocycles. The number of carbonyl (C=O) groups is 1. The Kier molecular flexibility index (Phi) is 6.23. The van der Waals surface area contributed by atoms with Crippen LogP contribution < -0.4 is 5.32 Å². The largest absolute Gasteiger partial charge is 0.350 e. The summed E-state index contributed by atoms with van der Waals surface area (Å²) in [5.74, 6) is 0.645. The van der Waals surface area contributed by atoms with Crippen LogP contribution >= 0.6 is 0 Å². The molecule has 30 heavy (non-hydrogen) atoms. The first-order valence-electron chi connectivity index (χ1n) is 10.7. The van der Waals surface area contributed by atoms with Gasteiger partial charge in [-0.1, -0.05) is 36.8 Å². The molecule has 1 amide bonds. The first-order valence-corrected chi connectivity index (χ1v) is 10.7. The van der Waals surface area contributed by atoms with Gasteiger partial charge in [0.15, 0.2) is 5.82 Å². The van der Waals surface area contributed by atoms with Gasteiger partial charge in [-0.3, -0.25) is 9.69 Å². The lowest BCUT2D eigenvalue weighted by atomic mass is 10.0. The number of aryl methyl sites for hydroxylation is 2. The van der Waals surface area contributed by atoms with E-state index in [4.69, 9.17) is 0 Å². The number of hydrogen-bond donors (Lipinski definition) is 1. The van der Waals surface area contributed by atoms with Gasteiger partial charge in [0.2, 0.25) is 0 Å². The summed E-state index contributed by atoms with van der Waals surface area (Å²) in [6, 6.07) is 16.6. The first-order chi connectivity index (χ1) is 14.6. The van der Waals surface area contributed by atoms with Crippen molar-refractivity contribution >= 4 is 5.91 Å². The lowest BCUT2D eigenvalue weighted by molar-refractivity contribution is 0.0907. The van der Waals surface area contributed by atoms with E-state index in [1.54, 1.807) is 10.9 Å². The highest BCUT2D eigenvalue weighted by molar-refractivity contribution is 5.93. The van der Waals surface area contributed by atoms with Crippen molar-refractivity contribution in [2.45, 2.75) is 45.7 Å². The van der Waals surface area contributed by atoms with Gasteiger partial charge in [-0.25, -0.2) is 9.67 Å². The minimum atomic E-state index is -0.0762. The SMILES string of the molecule is Cc1cc(C)n(-c2ccc(C(=O)NCC3CCCCN3Cc3ccccc3)cn2)n1. The van der Waals surface area contributed by atoms with Gasteiger partial charge >= 0.3 is 0 Å². The minimum Gasteiger partial charge on any atom is -0.350 e. The number of likely N-dealkylation sites (tertiary alicyclic amines) is 1. The van der Waals surface area contributed by atoms with E-state index in [2.05, 4.69) is 44.6 Å². The fourth-order valence-electron chi connectivity index (χ4n) is 4.14. The Hall–Kier alpha value is -2.99. The maximum Gasteiger partial charge on any atom is 0.252 e. The normalized spacial score (nSPS) is 17.1. The quantitative estimate of drug-likeness (QED) is 0.682. The van der Waals surface area contributed by atoms with Gasteiger partial charge in [-0.15, -0.1) is 0 Å². The van der Waals surface area contributed by atoms with Crippen molar-refractivity contribution in [3.63, 3.8) is 0 Å². The molecule has 0 aliphatic carbocycles. The van der Waals surface area contributed by atoms with Crippen LogP contribution in [-0.2, 0) is 6.54 Å². The number of rotatable bonds is 6. The van der Waals surface area contributed by atoms with Gasteiger partial charge in [-0.05, 0) is 57.0 Å². The maximum absolute atomic E-state index is 12.7. The number of carbonyl (C=O) groups excluding carboxylic acids is 1. The number of piperidine rings is 1. The molecule has 1 atom stereocenters. The van der Waals surface area contributed by atoms with Gasteiger partial charge < -0.3 is 5.32 Å². The molecule has 6 heteroatoms. The maximum atomic E-state index is 12.7. The highest BCUT2D eigenvalue weighted by Crippen LogP contribution is 2.19. The average molecular weight is 404 g/mol. The lowest BCUT2D eigenvalue weighted by Crippen LogP contribution is -2.46. The van der Waals surface area contributed by atoms with Gasteiger partial charge in [0, 0.05) is 31.0 Å². The predicted octanol–water partition coefficient (Wildman–Crippen LogP) is 3.67. The summed E-state index contributed by atoms with van der Waals surface area (Å²) >= 11 is 0. The topological polar surface area (TPSA) is 63.1 Å². The molecule has 6 nitrogen and oxygen atoms in total. The predicted molar refractivity (Wildman–Crippen MR) is 118 cm³/mol. The summed E-state index contributed by atoms with van der Waals surface area (Å²) < 4.78 is 1.79. The fourth-order valence-corrected chi connectivity index (χ4v) is 4.14. The average Bonchev–Trinajstić information content (AvgIpc) is 3.11. The molecule has 1 unspecified atom stereocenters. The molecule has 3 heterocycles. The second-order valence-corrected chi connectivity index (χ2v) is 8.06. The molecule has 4 rings (SSSR count). The number of aromatic nitrogens is 3. The van der Waals surface area contributed by atoms with E-state index < -0.39 is 0 Å². The van der Waals surface area contributed by atoms with E-state index in [-0.39, 0.29) is 5.91 Å². The van der Waals surface area contributed by atoms with Crippen molar-refractivity contribution in [1.29, 1.82) is 0 Å². The molecule has 1 aromatic carbocycles. The summed E-state index contributed by atoms with van der Waals surface area (Å²) in [4.78, 5) is 19.6. The van der Waals surface area contributed by atoms with Gasteiger partial charge in [0.05, 0.1) is 11.3 Å². The number of nitrogens with one attached hydrogen (secondary N) is 1. The van der Waals surface area contributed by atoms with Gasteiger partial charge in [-0.2, -0.15) is 5.10 Å². The van der Waals surface area contributed by atoms with Crippen LogP contribution in [0, 0.1) is 13.8 Å². The third-order valence-corrected chi connectivity index (χ3v) is 5.71. The van der Waals surface area contributed by atoms with Crippen molar-refractivity contribution in [3.8, 4) is 5.82 Å². The number of hydrogen-bond acceptors (Lipinski definition) is 4. The molecule has 1 fully saturated rings. The highest BCUT2D eigenvalue weighted by Gasteiger charge is 2.23. The van der Waals surface area contributed by atoms with Crippen LogP contribution in [-0.4, -0.2) is 44.7 Å². The van der Waals surface area contributed by atoms with E-state index in [0.717, 1.165) is 36.7 Å². The Labute approximate surface area is 177 Å². The summed E-state index contributed by atoms with van der Waals surface area (Å²) in [6.45, 7) is 6.62. The Morgan fingerprint density at radius 2 is 1.97 bits per heavy atom. The highest BCUT2D eigenvalue weighted by atomic mass is 16.1. The van der Waals surface area contributed by atoms with E-state index in [9.17, 15) is 4.79 Å². The second kappa shape index (κ2) is 9.22.